The molecular weight excluding hydrogens is 1780 g/mol. The third kappa shape index (κ3) is 32.1. The number of alkyl halides is 4. The summed E-state index contributed by atoms with van der Waals surface area (Å²) in [5, 5.41) is 54.6. The monoisotopic (exact) mass is 1880 g/mol. The average molecular weight is 1890 g/mol. The summed E-state index contributed by atoms with van der Waals surface area (Å²) in [6.07, 6.45) is -6.63. The molecule has 30 nitrogen and oxygen atoms in total. The number of carbonyl (C=O) groups excluding carboxylic acids is 10. The maximum Gasteiger partial charge on any atom is 0.414 e. The molecule has 708 valence electrons. The molecule has 0 bridgehead atoms. The molecule has 8 amide bonds. The predicted molar refractivity (Wildman–Crippen MR) is 485 cm³/mol. The number of hydrogen-bond donors (Lipinski definition) is 10. The van der Waals surface area contributed by atoms with E-state index in [0.29, 0.717) is 80.3 Å². The van der Waals surface area contributed by atoms with Gasteiger partial charge in [-0.1, -0.05) is 97.1 Å². The number of ketones is 2. The Labute approximate surface area is 770 Å². The molecule has 0 radical (unpaired) electrons. The predicted octanol–water partition coefficient (Wildman–Crippen LogP) is 10.4. The number of nitrogens with zero attached hydrogens (tertiary/aromatic N) is 6. The van der Waals surface area contributed by atoms with Crippen LogP contribution in [0.5, 0.6) is 0 Å². The molecule has 8 aromatic rings. The zero-order valence-electron chi connectivity index (χ0n) is 73.0. The van der Waals surface area contributed by atoms with Gasteiger partial charge in [0.25, 0.3) is 0 Å². The molecule has 4 fully saturated rings. The van der Waals surface area contributed by atoms with E-state index in [-0.39, 0.29) is 140 Å². The fourth-order valence-corrected chi connectivity index (χ4v) is 13.8. The van der Waals surface area contributed by atoms with E-state index in [1.807, 2.05) is 12.1 Å². The molecule has 0 aromatic heterocycles. The molecule has 6 atom stereocenters. The third-order valence-electron chi connectivity index (χ3n) is 20.6. The Morgan fingerprint density at radius 2 is 0.674 bits per heavy atom. The summed E-state index contributed by atoms with van der Waals surface area (Å²) >= 11 is 0. The molecule has 8 aromatic carbocycles. The summed E-state index contributed by atoms with van der Waals surface area (Å²) in [7, 11) is -1.81. The van der Waals surface area contributed by atoms with Crippen molar-refractivity contribution in [3.63, 3.8) is 0 Å². The Morgan fingerprint density at radius 3 is 0.932 bits per heavy atom. The van der Waals surface area contributed by atoms with Gasteiger partial charge in [0, 0.05) is 89.2 Å². The van der Waals surface area contributed by atoms with Crippen molar-refractivity contribution in [1.29, 1.82) is 0 Å². The van der Waals surface area contributed by atoms with E-state index in [1.54, 1.807) is 133 Å². The van der Waals surface area contributed by atoms with Gasteiger partial charge in [0.2, 0.25) is 23.6 Å². The van der Waals surface area contributed by atoms with Gasteiger partial charge in [-0.2, -0.15) is 0 Å². The number of amides is 8. The van der Waals surface area contributed by atoms with Crippen LogP contribution >= 0.6 is 24.8 Å². The molecule has 12 rings (SSSR count). The smallest absolute Gasteiger partial charge is 0.414 e. The molecule has 4 heterocycles. The minimum atomic E-state index is -1.19. The van der Waals surface area contributed by atoms with Crippen molar-refractivity contribution in [2.75, 3.05) is 125 Å². The number of aliphatic hydroxyl groups is 2. The van der Waals surface area contributed by atoms with E-state index in [9.17, 15) is 103 Å². The van der Waals surface area contributed by atoms with Crippen LogP contribution in [0, 0.1) is 23.3 Å². The molecule has 132 heavy (non-hydrogen) atoms. The summed E-state index contributed by atoms with van der Waals surface area (Å²) in [6.45, 7) is 7.55. The first kappa shape index (κ1) is 107. The molecular formula is C90H104B2Cl2F8N12O18. The molecule has 42 heteroatoms. The number of halogens is 10. The van der Waals surface area contributed by atoms with Crippen molar-refractivity contribution < 1.29 is 122 Å². The zero-order chi connectivity index (χ0) is 94.4. The number of hydrogen-bond acceptors (Lipinski definition) is 22. The second-order valence-electron chi connectivity index (χ2n) is 31.0. The molecule has 4 aliphatic rings. The average Bonchev–Trinajstić information content (AvgIpc) is 1.18. The largest absolute Gasteiger partial charge is 0.442 e. The second kappa shape index (κ2) is 52.2. The number of anilines is 4. The van der Waals surface area contributed by atoms with Crippen LogP contribution in [0.3, 0.4) is 0 Å². The second-order valence-corrected chi connectivity index (χ2v) is 31.0. The lowest BCUT2D eigenvalue weighted by atomic mass is 9.84. The first-order valence-electron chi connectivity index (χ1n) is 41.4. The normalized spacial score (nSPS) is 15.8. The molecule has 0 aliphatic carbocycles. The van der Waals surface area contributed by atoms with Crippen LogP contribution in [0.2, 0.25) is 13.6 Å². The van der Waals surface area contributed by atoms with Crippen LogP contribution in [0.1, 0.15) is 49.9 Å². The van der Waals surface area contributed by atoms with Gasteiger partial charge >= 0.3 is 38.5 Å². The quantitative estimate of drug-likeness (QED) is 0.00976. The number of rotatable bonds is 38. The van der Waals surface area contributed by atoms with Gasteiger partial charge in [0.1, 0.15) is 74.4 Å². The highest BCUT2D eigenvalue weighted by molar-refractivity contribution is 6.45. The van der Waals surface area contributed by atoms with Crippen LogP contribution in [-0.4, -0.2) is 245 Å². The fourth-order valence-electron chi connectivity index (χ4n) is 13.8. The van der Waals surface area contributed by atoms with E-state index in [0.717, 1.165) is 22.3 Å². The summed E-state index contributed by atoms with van der Waals surface area (Å²) in [6, 6.07) is 46.1. The lowest BCUT2D eigenvalue weighted by Crippen LogP contribution is -2.42. The van der Waals surface area contributed by atoms with Crippen LogP contribution < -0.4 is 51.5 Å². The maximum atomic E-state index is 14.9. The van der Waals surface area contributed by atoms with Crippen LogP contribution in [0.15, 0.2) is 170 Å². The first-order valence-corrected chi connectivity index (χ1v) is 41.4. The topological polar surface area (TPSA) is 380 Å². The van der Waals surface area contributed by atoms with Crippen molar-refractivity contribution >= 4 is 121 Å². The molecule has 2 unspecified atom stereocenters. The zero-order valence-corrected chi connectivity index (χ0v) is 74.6. The van der Waals surface area contributed by atoms with Gasteiger partial charge in [-0.15, -0.1) is 24.8 Å². The van der Waals surface area contributed by atoms with Gasteiger partial charge < -0.3 is 80.7 Å². The lowest BCUT2D eigenvalue weighted by Gasteiger charge is -2.25. The van der Waals surface area contributed by atoms with Crippen LogP contribution in [-0.2, 0) is 73.9 Å². The minimum absolute atomic E-state index is 0. The number of cyclic esters (lactones) is 4. The molecule has 10 N–H and O–H groups in total. The number of carbonyl (C=O) groups is 10. The van der Waals surface area contributed by atoms with E-state index < -0.39 is 137 Å². The van der Waals surface area contributed by atoms with Gasteiger partial charge in [-0.3, -0.25) is 48.4 Å². The summed E-state index contributed by atoms with van der Waals surface area (Å²) in [4.78, 5) is 123. The van der Waals surface area contributed by atoms with E-state index in [4.69, 9.17) is 18.9 Å². The van der Waals surface area contributed by atoms with E-state index in [1.165, 1.54) is 94.8 Å². The Hall–Kier alpha value is -12.1. The molecule has 0 spiro atoms. The van der Waals surface area contributed by atoms with E-state index in [2.05, 4.69) is 31.9 Å². The SMILES string of the molecule is CB(O)N(CC(=O)CF)Cc1ccc(-c2ccc(N3C[C@H](CNC(C)=O)OC3=O)cc2F)cc1.CB(O)N(Cc1ccc(-c2ccc(N3C[C@H](CNC(C)=O)OC3=O)cc2F)cc1)CC(O)CF.CC(=O)NC[C@H]1CN(c2ccc(-c3ccc(CNCC(=O)CF)cc3)c(F)c2)C(=O)O1.CC(=O)NC[C@H]1CN(c2ccc(-c3ccc(CNCC(O)CF)cc3)c(F)c2)C(=O)O1.Cl.Cl. The van der Waals surface area contributed by atoms with Crippen molar-refractivity contribution in [3.8, 4) is 44.5 Å². The van der Waals surface area contributed by atoms with E-state index >= 15 is 0 Å². The Kier molecular flexibility index (Phi) is 42.3. The molecule has 0 saturated carbocycles. The van der Waals surface area contributed by atoms with Crippen molar-refractivity contribution in [3.05, 3.63) is 215 Å². The summed E-state index contributed by atoms with van der Waals surface area (Å²) in [5.41, 5.74) is 8.78. The minimum Gasteiger partial charge on any atom is -0.442 e. The van der Waals surface area contributed by atoms with Gasteiger partial charge in [0.15, 0.2) is 11.6 Å². The Bertz CT molecular complexity index is 5240. The van der Waals surface area contributed by atoms with Crippen molar-refractivity contribution in [2.45, 2.75) is 104 Å². The van der Waals surface area contributed by atoms with Crippen molar-refractivity contribution in [2.24, 2.45) is 0 Å². The summed E-state index contributed by atoms with van der Waals surface area (Å²) < 4.78 is 130. The number of Topliss-reactive ketones (excluding diaryl/α,β-unsaturated/α-hetero) is 2. The fraction of sp³-hybridized carbons (Fsp3) is 0.356. The van der Waals surface area contributed by atoms with Gasteiger partial charge in [-0.05, 0) is 131 Å². The molecule has 4 saturated heterocycles. The number of nitrogens with one attached hydrogen (secondary N) is 6. The third-order valence-corrected chi connectivity index (χ3v) is 20.6. The standard InChI is InChI=1S/C23H28BF2N3O5.C23H26BF2N3O5.C22H25F2N3O4.C22H23F2N3O4.2ClH/c2*1-15(30)27-11-20-14-29(23(32)34-20)18-7-8-21(22(26)9-18)17-5-3-16(4-6-17)12-28(24(2)33)13-19(31)10-25;2*1-14(28)26-12-19-13-27(22(30)31-19)17-6-7-20(21(24)8-17)16-4-2-15(3-5-16)10-25-11-18(29)9-23;;/h3-9,19-20,31,33H,10-14H2,1-2H3,(H,27,30);3-9,20,33H,10-14H2,1-2H3,(H,27,30);2-8,18-19,25,29H,9-13H2,1H3,(H,26,28);2-8,19,25H,9-13H2,1H3,(H,26,28);2*1H/t19?,20-;20-;18?,19-;19-;;/m0000../s1. The highest BCUT2D eigenvalue weighted by Crippen LogP contribution is 2.35. The first-order chi connectivity index (χ1) is 62.1. The van der Waals surface area contributed by atoms with Crippen molar-refractivity contribution in [1.82, 2.24) is 41.5 Å². The number of aliphatic hydroxyl groups excluding tert-OH is 2. The van der Waals surface area contributed by atoms with Gasteiger partial charge in [0.05, 0.1) is 100 Å². The number of ether oxygens (including phenoxy) is 4. The van der Waals surface area contributed by atoms with Crippen LogP contribution in [0.25, 0.3) is 44.5 Å². The molecule has 4 aliphatic heterocycles. The summed E-state index contributed by atoms with van der Waals surface area (Å²) in [5.74, 6) is -4.05. The Balaban J connectivity index is 0.000000239. The highest BCUT2D eigenvalue weighted by atomic mass is 35.5. The Morgan fingerprint density at radius 1 is 0.402 bits per heavy atom. The number of benzene rings is 8. The van der Waals surface area contributed by atoms with Crippen LogP contribution in [0.4, 0.5) is 77.1 Å². The van der Waals surface area contributed by atoms with Gasteiger partial charge in [-0.25, -0.2) is 54.3 Å². The highest BCUT2D eigenvalue weighted by Gasteiger charge is 2.37. The lowest BCUT2D eigenvalue weighted by molar-refractivity contribution is -0.120. The maximum absolute atomic E-state index is 14.9.